The molecule has 0 unspecified atom stereocenters. The first-order valence-electron chi connectivity index (χ1n) is 19.2. The van der Waals surface area contributed by atoms with Crippen LogP contribution in [0.15, 0.2) is 36.4 Å². The molecule has 0 aliphatic heterocycles. The molecule has 292 valence electrons. The Hall–Kier alpha value is -3.01. The zero-order valence-electron chi connectivity index (χ0n) is 32.5. The lowest BCUT2D eigenvalue weighted by Crippen LogP contribution is -2.56. The predicted octanol–water partition coefficient (Wildman–Crippen LogP) is 9.45. The Kier molecular flexibility index (Phi) is 21.9. The van der Waals surface area contributed by atoms with E-state index in [1.165, 1.54) is 13.2 Å². The van der Waals surface area contributed by atoms with Crippen LogP contribution in [0, 0.1) is 5.92 Å². The average Bonchev–Trinajstić information content (AvgIpc) is 3.06. The van der Waals surface area contributed by atoms with Gasteiger partial charge >= 0.3 is 11.9 Å². The lowest BCUT2D eigenvalue weighted by atomic mass is 9.81. The van der Waals surface area contributed by atoms with Gasteiger partial charge in [0, 0.05) is 19.3 Å². The Morgan fingerprint density at radius 2 is 1.41 bits per heavy atom. The Balaban J connectivity index is 3.04. The summed E-state index contributed by atoms with van der Waals surface area (Å²) in [6.07, 6.45) is 13.1. The zero-order valence-corrected chi connectivity index (χ0v) is 32.5. The highest BCUT2D eigenvalue weighted by Crippen LogP contribution is 2.31. The molecule has 0 saturated carbocycles. The highest BCUT2D eigenvalue weighted by Gasteiger charge is 2.49. The van der Waals surface area contributed by atoms with Gasteiger partial charge in [0.05, 0.1) is 19.6 Å². The molecule has 0 radical (unpaired) electrons. The van der Waals surface area contributed by atoms with Crippen molar-refractivity contribution in [2.45, 2.75) is 174 Å². The van der Waals surface area contributed by atoms with E-state index in [1.54, 1.807) is 45.9 Å². The fraction of sp³-hybridized carbons (Fsp3) is 0.732. The number of carbonyl (C=O) groups excluding carboxylic acids is 3. The van der Waals surface area contributed by atoms with Crippen LogP contribution in [0.4, 0.5) is 8.78 Å². The molecule has 51 heavy (non-hydrogen) atoms. The predicted molar refractivity (Wildman–Crippen MR) is 199 cm³/mol. The van der Waals surface area contributed by atoms with Crippen molar-refractivity contribution in [3.63, 3.8) is 0 Å². The smallest absolute Gasteiger partial charge is 0.339 e. The summed E-state index contributed by atoms with van der Waals surface area (Å²) in [6.45, 7) is 11.6. The van der Waals surface area contributed by atoms with E-state index in [0.29, 0.717) is 50.9 Å². The van der Waals surface area contributed by atoms with Crippen LogP contribution >= 0.6 is 0 Å². The molecular weight excluding hydrogens is 656 g/mol. The van der Waals surface area contributed by atoms with Gasteiger partial charge in [0.15, 0.2) is 5.60 Å². The van der Waals surface area contributed by atoms with Gasteiger partial charge in [-0.25, -0.2) is 18.4 Å². The first kappa shape index (κ1) is 46.0. The molecule has 0 heterocycles. The van der Waals surface area contributed by atoms with Crippen molar-refractivity contribution in [1.29, 1.82) is 0 Å². The summed E-state index contributed by atoms with van der Waals surface area (Å²) in [5, 5.41) is 14.6. The number of methoxy groups -OCH3 is 1. The highest BCUT2D eigenvalue weighted by molar-refractivity contribution is 5.93. The number of esters is 2. The zero-order chi connectivity index (χ0) is 38.3. The molecule has 3 atom stereocenters. The molecule has 0 aliphatic carbocycles. The molecule has 0 aliphatic rings. The normalized spacial score (nSPS) is 14.5. The van der Waals surface area contributed by atoms with Gasteiger partial charge < -0.3 is 24.6 Å². The van der Waals surface area contributed by atoms with Gasteiger partial charge in [-0.2, -0.15) is 0 Å². The number of ether oxygens (including phenoxy) is 3. The minimum absolute atomic E-state index is 0.0560. The Morgan fingerprint density at radius 1 is 0.824 bits per heavy atom. The molecule has 0 saturated heterocycles. The highest BCUT2D eigenvalue weighted by atomic mass is 19.3. The summed E-state index contributed by atoms with van der Waals surface area (Å²) >= 11 is 0. The molecule has 0 fully saturated rings. The largest absolute Gasteiger partial charge is 0.494 e. The van der Waals surface area contributed by atoms with E-state index in [-0.39, 0.29) is 25.7 Å². The third kappa shape index (κ3) is 18.9. The van der Waals surface area contributed by atoms with Crippen LogP contribution in [0.3, 0.4) is 0 Å². The number of amides is 1. The van der Waals surface area contributed by atoms with Crippen LogP contribution in [0.2, 0.25) is 0 Å². The number of nitrogens with one attached hydrogen (secondary N) is 1. The summed E-state index contributed by atoms with van der Waals surface area (Å²) in [4.78, 5) is 40.3. The van der Waals surface area contributed by atoms with E-state index in [9.17, 15) is 28.3 Å². The van der Waals surface area contributed by atoms with Gasteiger partial charge in [-0.15, -0.1) is 0 Å². The third-order valence-electron chi connectivity index (χ3n) is 8.75. The Labute approximate surface area is 306 Å². The number of unbranched alkanes of at least 4 members (excludes halogenated alkanes) is 9. The molecule has 8 nitrogen and oxygen atoms in total. The lowest BCUT2D eigenvalue weighted by Gasteiger charge is -2.34. The Bertz CT molecular complexity index is 1170. The molecule has 1 rings (SSSR count). The summed E-state index contributed by atoms with van der Waals surface area (Å²) < 4.78 is 44.9. The van der Waals surface area contributed by atoms with Crippen molar-refractivity contribution in [3.8, 4) is 5.75 Å². The van der Waals surface area contributed by atoms with Gasteiger partial charge in [0.25, 0.3) is 0 Å². The summed E-state index contributed by atoms with van der Waals surface area (Å²) in [5.41, 5.74) is -2.37. The second-order valence-electron chi connectivity index (χ2n) is 14.7. The van der Waals surface area contributed by atoms with Gasteiger partial charge in [-0.1, -0.05) is 96.4 Å². The quantitative estimate of drug-likeness (QED) is 0.0529. The molecule has 1 amide bonds. The van der Waals surface area contributed by atoms with E-state index < -0.39 is 46.9 Å². The SMILES string of the molecule is CCCCCCCC(F)(F)CCCCCC/C=C/[C@H](C(=O)N[C@@H](Cc1ccc(OCCCC)cc1)C(=O)OC)[C@@](O)(CCC)C(=O)OC(C)(C)C. The number of aliphatic hydroxyl groups is 1. The number of benzene rings is 1. The number of hydrogen-bond acceptors (Lipinski definition) is 7. The van der Waals surface area contributed by atoms with Crippen LogP contribution in [0.25, 0.3) is 0 Å². The molecule has 0 aromatic heterocycles. The first-order valence-corrected chi connectivity index (χ1v) is 19.2. The van der Waals surface area contributed by atoms with Crippen LogP contribution in [-0.4, -0.2) is 59.8 Å². The molecule has 0 spiro atoms. The van der Waals surface area contributed by atoms with Gasteiger partial charge in [-0.05, 0) is 77.0 Å². The van der Waals surface area contributed by atoms with Crippen molar-refractivity contribution in [1.82, 2.24) is 5.32 Å². The molecule has 1 aromatic carbocycles. The Morgan fingerprint density at radius 3 is 1.96 bits per heavy atom. The monoisotopic (exact) mass is 723 g/mol. The number of halogens is 2. The third-order valence-corrected chi connectivity index (χ3v) is 8.75. The maximum Gasteiger partial charge on any atom is 0.339 e. The summed E-state index contributed by atoms with van der Waals surface area (Å²) in [6, 6.07) is 6.13. The maximum atomic E-state index is 14.3. The van der Waals surface area contributed by atoms with E-state index >= 15 is 0 Å². The number of allylic oxidation sites excluding steroid dienone is 1. The van der Waals surface area contributed by atoms with Crippen molar-refractivity contribution in [2.24, 2.45) is 5.92 Å². The lowest BCUT2D eigenvalue weighted by molar-refractivity contribution is -0.184. The second kappa shape index (κ2) is 24.3. The van der Waals surface area contributed by atoms with Crippen molar-refractivity contribution < 1.29 is 42.5 Å². The van der Waals surface area contributed by atoms with E-state index in [1.807, 2.05) is 12.1 Å². The van der Waals surface area contributed by atoms with E-state index in [2.05, 4.69) is 19.2 Å². The first-order chi connectivity index (χ1) is 24.1. The van der Waals surface area contributed by atoms with Crippen LogP contribution in [0.5, 0.6) is 5.75 Å². The number of rotatable bonds is 27. The fourth-order valence-electron chi connectivity index (χ4n) is 5.83. The van der Waals surface area contributed by atoms with Gasteiger partial charge in [0.1, 0.15) is 17.4 Å². The standard InChI is InChI=1S/C41H67F2NO7/c1-8-11-13-17-20-28-40(42,43)29-21-18-15-14-16-19-22-34(41(48,27-10-3)38(47)51-39(4,5)6)36(45)44-35(37(46)49-7)31-32-23-25-33(26-24-32)50-30-12-9-2/h19,22-26,34-35,48H,8-18,20-21,27-31H2,1-7H3,(H,44,45)/b22-19+/t34-,35+,41+/m1/s1. The van der Waals surface area contributed by atoms with E-state index in [4.69, 9.17) is 14.2 Å². The minimum Gasteiger partial charge on any atom is -0.494 e. The molecule has 2 N–H and O–H groups in total. The van der Waals surface area contributed by atoms with Gasteiger partial charge in [-0.3, -0.25) is 4.79 Å². The molecule has 1 aromatic rings. The second-order valence-corrected chi connectivity index (χ2v) is 14.7. The van der Waals surface area contributed by atoms with E-state index in [0.717, 1.165) is 50.5 Å². The van der Waals surface area contributed by atoms with Crippen LogP contribution in [0.1, 0.15) is 150 Å². The van der Waals surface area contributed by atoms with Crippen LogP contribution in [-0.2, 0) is 30.3 Å². The van der Waals surface area contributed by atoms with Gasteiger partial charge in [0.2, 0.25) is 11.8 Å². The molecule has 0 bridgehead atoms. The van der Waals surface area contributed by atoms with Crippen molar-refractivity contribution in [2.75, 3.05) is 13.7 Å². The fourth-order valence-corrected chi connectivity index (χ4v) is 5.83. The number of alkyl halides is 2. The molecule has 10 heteroatoms. The van der Waals surface area contributed by atoms with Crippen molar-refractivity contribution in [3.05, 3.63) is 42.0 Å². The summed E-state index contributed by atoms with van der Waals surface area (Å²) in [5.74, 6) is -5.63. The number of carbonyl (C=O) groups is 3. The molecular formula is C41H67F2NO7. The minimum atomic E-state index is -2.63. The van der Waals surface area contributed by atoms with Crippen molar-refractivity contribution >= 4 is 17.8 Å². The average molecular weight is 724 g/mol. The number of hydrogen-bond donors (Lipinski definition) is 2. The van der Waals surface area contributed by atoms with Crippen LogP contribution < -0.4 is 10.1 Å². The summed E-state index contributed by atoms with van der Waals surface area (Å²) in [7, 11) is 1.23. The maximum absolute atomic E-state index is 14.3. The topological polar surface area (TPSA) is 111 Å².